The van der Waals surface area contributed by atoms with E-state index in [4.69, 9.17) is 0 Å². The number of nitrogens with zero attached hydrogens (tertiary/aromatic N) is 2. The number of hydrogen-bond donors (Lipinski definition) is 1. The fraction of sp³-hybridized carbons (Fsp3) is 0.120. The first-order chi connectivity index (χ1) is 14.3. The largest absolute Gasteiger partial charge is 0.352 e. The molecule has 0 atom stereocenters. The van der Waals surface area contributed by atoms with Crippen molar-refractivity contribution in [2.75, 3.05) is 0 Å². The van der Waals surface area contributed by atoms with Gasteiger partial charge in [-0.3, -0.25) is 4.79 Å². The Labute approximate surface area is 170 Å². The van der Waals surface area contributed by atoms with Gasteiger partial charge in [0.2, 0.25) is 5.91 Å². The molecule has 0 bridgehead atoms. The van der Waals surface area contributed by atoms with E-state index in [-0.39, 0.29) is 5.91 Å². The first kappa shape index (κ1) is 18.7. The van der Waals surface area contributed by atoms with Gasteiger partial charge in [-0.05, 0) is 27.8 Å². The van der Waals surface area contributed by atoms with Crippen molar-refractivity contribution >= 4 is 5.91 Å². The molecule has 0 radical (unpaired) electrons. The van der Waals surface area contributed by atoms with Gasteiger partial charge in [-0.2, -0.15) is 0 Å². The molecule has 144 valence electrons. The third-order valence-corrected chi connectivity index (χ3v) is 4.86. The number of benzene rings is 3. The van der Waals surface area contributed by atoms with Gasteiger partial charge in [0.1, 0.15) is 0 Å². The molecule has 4 aromatic rings. The SMILES string of the molecule is O=C(Cc1ccc(-c2ccccc2)cc1)NCc1ccc(Cn2ccnc2)cc1. The van der Waals surface area contributed by atoms with Crippen molar-refractivity contribution in [2.24, 2.45) is 0 Å². The molecule has 0 aliphatic carbocycles. The molecule has 4 nitrogen and oxygen atoms in total. The van der Waals surface area contributed by atoms with Gasteiger partial charge in [0.25, 0.3) is 0 Å². The zero-order valence-electron chi connectivity index (χ0n) is 16.2. The van der Waals surface area contributed by atoms with Crippen molar-refractivity contribution in [1.29, 1.82) is 0 Å². The molecule has 0 fully saturated rings. The van der Waals surface area contributed by atoms with E-state index in [1.807, 2.05) is 41.1 Å². The van der Waals surface area contributed by atoms with Crippen molar-refractivity contribution in [3.63, 3.8) is 0 Å². The number of imidazole rings is 1. The summed E-state index contributed by atoms with van der Waals surface area (Å²) in [5.41, 5.74) is 5.65. The lowest BCUT2D eigenvalue weighted by Gasteiger charge is -2.08. The Bertz CT molecular complexity index is 1040. The molecule has 4 heteroatoms. The summed E-state index contributed by atoms with van der Waals surface area (Å²) in [6, 6.07) is 26.7. The molecule has 0 unspecified atom stereocenters. The highest BCUT2D eigenvalue weighted by Gasteiger charge is 2.05. The number of carbonyl (C=O) groups excluding carboxylic acids is 1. The molecular weight excluding hydrogens is 358 g/mol. The zero-order valence-corrected chi connectivity index (χ0v) is 16.2. The predicted molar refractivity (Wildman–Crippen MR) is 115 cm³/mol. The smallest absolute Gasteiger partial charge is 0.224 e. The van der Waals surface area contributed by atoms with Gasteiger partial charge in [-0.1, -0.05) is 78.9 Å². The summed E-state index contributed by atoms with van der Waals surface area (Å²) in [7, 11) is 0. The second-order valence-electron chi connectivity index (χ2n) is 7.07. The van der Waals surface area contributed by atoms with Crippen LogP contribution in [0, 0.1) is 0 Å². The number of hydrogen-bond acceptors (Lipinski definition) is 2. The van der Waals surface area contributed by atoms with Crippen molar-refractivity contribution in [2.45, 2.75) is 19.5 Å². The van der Waals surface area contributed by atoms with E-state index >= 15 is 0 Å². The Kier molecular flexibility index (Phi) is 5.81. The van der Waals surface area contributed by atoms with Crippen LogP contribution < -0.4 is 5.32 Å². The van der Waals surface area contributed by atoms with Crippen LogP contribution in [-0.2, 0) is 24.3 Å². The van der Waals surface area contributed by atoms with Gasteiger partial charge in [-0.15, -0.1) is 0 Å². The molecule has 1 heterocycles. The average molecular weight is 381 g/mol. The molecule has 0 saturated heterocycles. The fourth-order valence-electron chi connectivity index (χ4n) is 3.25. The van der Waals surface area contributed by atoms with Crippen LogP contribution in [0.2, 0.25) is 0 Å². The van der Waals surface area contributed by atoms with E-state index in [0.29, 0.717) is 13.0 Å². The second kappa shape index (κ2) is 9.02. The molecule has 0 aliphatic rings. The highest BCUT2D eigenvalue weighted by Crippen LogP contribution is 2.19. The normalized spacial score (nSPS) is 10.6. The minimum atomic E-state index is 0.0277. The molecule has 0 spiro atoms. The van der Waals surface area contributed by atoms with Gasteiger partial charge < -0.3 is 9.88 Å². The van der Waals surface area contributed by atoms with E-state index in [0.717, 1.165) is 23.2 Å². The number of aromatic nitrogens is 2. The standard InChI is InChI=1S/C25H23N3O/c29-25(16-20-10-12-24(13-11-20)23-4-2-1-3-5-23)27-17-21-6-8-22(9-7-21)18-28-15-14-26-19-28/h1-15,19H,16-18H2,(H,27,29). The quantitative estimate of drug-likeness (QED) is 0.514. The van der Waals surface area contributed by atoms with Crippen molar-refractivity contribution in [3.8, 4) is 11.1 Å². The molecule has 29 heavy (non-hydrogen) atoms. The summed E-state index contributed by atoms with van der Waals surface area (Å²) >= 11 is 0. The van der Waals surface area contributed by atoms with Crippen LogP contribution >= 0.6 is 0 Å². The van der Waals surface area contributed by atoms with Crippen LogP contribution in [-0.4, -0.2) is 15.5 Å². The Morgan fingerprint density at radius 2 is 1.45 bits per heavy atom. The lowest BCUT2D eigenvalue weighted by atomic mass is 10.0. The number of nitrogens with one attached hydrogen (secondary N) is 1. The summed E-state index contributed by atoms with van der Waals surface area (Å²) < 4.78 is 2.03. The van der Waals surface area contributed by atoms with Crippen LogP contribution in [0.1, 0.15) is 16.7 Å². The first-order valence-corrected chi connectivity index (χ1v) is 9.71. The van der Waals surface area contributed by atoms with Crippen molar-refractivity contribution in [1.82, 2.24) is 14.9 Å². The molecule has 1 aromatic heterocycles. The maximum atomic E-state index is 12.3. The Hall–Kier alpha value is -3.66. The minimum absolute atomic E-state index is 0.0277. The lowest BCUT2D eigenvalue weighted by Crippen LogP contribution is -2.24. The van der Waals surface area contributed by atoms with Crippen molar-refractivity contribution in [3.05, 3.63) is 114 Å². The van der Waals surface area contributed by atoms with Crippen LogP contribution in [0.4, 0.5) is 0 Å². The van der Waals surface area contributed by atoms with E-state index in [1.54, 1.807) is 12.5 Å². The Balaban J connectivity index is 1.27. The zero-order chi connectivity index (χ0) is 19.9. The second-order valence-corrected chi connectivity index (χ2v) is 7.07. The van der Waals surface area contributed by atoms with Crippen molar-refractivity contribution < 1.29 is 4.79 Å². The number of carbonyl (C=O) groups is 1. The molecule has 1 N–H and O–H groups in total. The molecule has 0 saturated carbocycles. The molecule has 1 amide bonds. The maximum absolute atomic E-state index is 12.3. The molecular formula is C25H23N3O. The topological polar surface area (TPSA) is 46.9 Å². The molecule has 4 rings (SSSR count). The monoisotopic (exact) mass is 381 g/mol. The van der Waals surface area contributed by atoms with Crippen LogP contribution in [0.3, 0.4) is 0 Å². The summed E-state index contributed by atoms with van der Waals surface area (Å²) in [5.74, 6) is 0.0277. The molecule has 3 aromatic carbocycles. The molecule has 0 aliphatic heterocycles. The van der Waals surface area contributed by atoms with Gasteiger partial charge in [0.15, 0.2) is 0 Å². The summed E-state index contributed by atoms with van der Waals surface area (Å²) in [6.07, 6.45) is 5.91. The predicted octanol–water partition coefficient (Wildman–Crippen LogP) is 4.46. The van der Waals surface area contributed by atoms with Gasteiger partial charge in [-0.25, -0.2) is 4.98 Å². The van der Waals surface area contributed by atoms with Gasteiger partial charge in [0, 0.05) is 25.5 Å². The van der Waals surface area contributed by atoms with Crippen LogP contribution in [0.15, 0.2) is 97.6 Å². The first-order valence-electron chi connectivity index (χ1n) is 9.71. The van der Waals surface area contributed by atoms with Gasteiger partial charge in [0.05, 0.1) is 12.7 Å². The lowest BCUT2D eigenvalue weighted by molar-refractivity contribution is -0.120. The minimum Gasteiger partial charge on any atom is -0.352 e. The van der Waals surface area contributed by atoms with E-state index < -0.39 is 0 Å². The van der Waals surface area contributed by atoms with E-state index in [1.165, 1.54) is 11.1 Å². The summed E-state index contributed by atoms with van der Waals surface area (Å²) in [4.78, 5) is 16.4. The van der Waals surface area contributed by atoms with Gasteiger partial charge >= 0.3 is 0 Å². The Morgan fingerprint density at radius 3 is 2.14 bits per heavy atom. The summed E-state index contributed by atoms with van der Waals surface area (Å²) in [5, 5.41) is 3.00. The highest BCUT2D eigenvalue weighted by atomic mass is 16.1. The third-order valence-electron chi connectivity index (χ3n) is 4.86. The maximum Gasteiger partial charge on any atom is 0.224 e. The Morgan fingerprint density at radius 1 is 0.793 bits per heavy atom. The highest BCUT2D eigenvalue weighted by molar-refractivity contribution is 5.78. The fourth-order valence-corrected chi connectivity index (χ4v) is 3.25. The number of amides is 1. The van der Waals surface area contributed by atoms with E-state index in [9.17, 15) is 4.79 Å². The van der Waals surface area contributed by atoms with E-state index in [2.05, 4.69) is 58.8 Å². The van der Waals surface area contributed by atoms with Crippen LogP contribution in [0.25, 0.3) is 11.1 Å². The number of rotatable bonds is 7. The summed E-state index contributed by atoms with van der Waals surface area (Å²) in [6.45, 7) is 1.33. The van der Waals surface area contributed by atoms with Crippen LogP contribution in [0.5, 0.6) is 0 Å². The average Bonchev–Trinajstić information content (AvgIpc) is 3.27. The third kappa shape index (κ3) is 5.20.